The summed E-state index contributed by atoms with van der Waals surface area (Å²) in [7, 11) is 0. The van der Waals surface area contributed by atoms with Crippen LogP contribution in [0.5, 0.6) is 0 Å². The van der Waals surface area contributed by atoms with Crippen LogP contribution in [0.1, 0.15) is 28.8 Å². The van der Waals surface area contributed by atoms with Gasteiger partial charge in [0.25, 0.3) is 5.91 Å². The van der Waals surface area contributed by atoms with Gasteiger partial charge < -0.3 is 14.5 Å². The van der Waals surface area contributed by atoms with Crippen LogP contribution < -0.4 is 5.32 Å². The van der Waals surface area contributed by atoms with Crippen molar-refractivity contribution < 1.29 is 18.7 Å². The zero-order valence-electron chi connectivity index (χ0n) is 13.3. The van der Waals surface area contributed by atoms with Crippen LogP contribution in [0.4, 0.5) is 5.69 Å². The van der Waals surface area contributed by atoms with Crippen molar-refractivity contribution in [3.63, 3.8) is 0 Å². The molecule has 24 heavy (non-hydrogen) atoms. The molecule has 1 aromatic heterocycles. The van der Waals surface area contributed by atoms with Crippen LogP contribution in [0, 0.1) is 18.3 Å². The second-order valence-electron chi connectivity index (χ2n) is 4.84. The molecule has 0 saturated heterocycles. The highest BCUT2D eigenvalue weighted by molar-refractivity contribution is 6.11. The average Bonchev–Trinajstić information content (AvgIpc) is 2.98. The minimum absolute atomic E-state index is 0.136. The van der Waals surface area contributed by atoms with E-state index in [1.807, 2.05) is 6.07 Å². The van der Waals surface area contributed by atoms with E-state index in [0.29, 0.717) is 11.5 Å². The number of esters is 1. The van der Waals surface area contributed by atoms with Gasteiger partial charge >= 0.3 is 5.97 Å². The molecule has 0 atom stereocenters. The molecule has 1 aromatic carbocycles. The Bertz CT molecular complexity index is 828. The van der Waals surface area contributed by atoms with Gasteiger partial charge in [-0.3, -0.25) is 4.79 Å². The number of benzene rings is 1. The van der Waals surface area contributed by atoms with E-state index in [1.54, 1.807) is 50.2 Å². The van der Waals surface area contributed by atoms with Crippen LogP contribution in [0.25, 0.3) is 6.08 Å². The summed E-state index contributed by atoms with van der Waals surface area (Å²) in [5.74, 6) is -0.106. The number of nitrogens with one attached hydrogen (secondary N) is 1. The maximum Gasteiger partial charge on any atom is 0.340 e. The summed E-state index contributed by atoms with van der Waals surface area (Å²) in [6.07, 6.45) is 1.34. The van der Waals surface area contributed by atoms with E-state index in [2.05, 4.69) is 5.32 Å². The van der Waals surface area contributed by atoms with Crippen molar-refractivity contribution in [3.8, 4) is 6.07 Å². The number of furan rings is 1. The Balaban J connectivity index is 2.24. The number of hydrogen-bond donors (Lipinski definition) is 1. The molecule has 122 valence electrons. The van der Waals surface area contributed by atoms with Crippen molar-refractivity contribution in [1.29, 1.82) is 5.26 Å². The van der Waals surface area contributed by atoms with E-state index in [1.165, 1.54) is 6.08 Å². The number of carbonyl (C=O) groups excluding carboxylic acids is 2. The number of nitriles is 1. The van der Waals surface area contributed by atoms with Gasteiger partial charge in [0.15, 0.2) is 0 Å². The van der Waals surface area contributed by atoms with Gasteiger partial charge in [-0.05, 0) is 38.1 Å². The maximum absolute atomic E-state index is 12.3. The van der Waals surface area contributed by atoms with E-state index < -0.39 is 11.9 Å². The number of para-hydroxylation sites is 1. The number of nitrogens with zero attached hydrogens (tertiary/aromatic N) is 1. The number of anilines is 1. The van der Waals surface area contributed by atoms with Gasteiger partial charge in [-0.2, -0.15) is 5.26 Å². The number of ether oxygens (including phenoxy) is 1. The van der Waals surface area contributed by atoms with E-state index in [0.717, 1.165) is 0 Å². The van der Waals surface area contributed by atoms with Crippen molar-refractivity contribution in [2.24, 2.45) is 0 Å². The van der Waals surface area contributed by atoms with Crippen molar-refractivity contribution in [1.82, 2.24) is 0 Å². The quantitative estimate of drug-likeness (QED) is 0.517. The molecule has 2 rings (SSSR count). The summed E-state index contributed by atoms with van der Waals surface area (Å²) >= 11 is 0. The fourth-order valence-corrected chi connectivity index (χ4v) is 1.99. The molecule has 0 radical (unpaired) electrons. The number of carbonyl (C=O) groups is 2. The van der Waals surface area contributed by atoms with Crippen molar-refractivity contribution in [2.75, 3.05) is 11.9 Å². The minimum atomic E-state index is -0.636. The molecule has 6 nitrogen and oxygen atoms in total. The monoisotopic (exact) mass is 324 g/mol. The molecule has 0 aliphatic rings. The third-order valence-corrected chi connectivity index (χ3v) is 3.08. The maximum atomic E-state index is 12.3. The Morgan fingerprint density at radius 1 is 1.29 bits per heavy atom. The third kappa shape index (κ3) is 4.11. The molecule has 0 saturated carbocycles. The van der Waals surface area contributed by atoms with Gasteiger partial charge in [0.1, 0.15) is 23.2 Å². The van der Waals surface area contributed by atoms with Crippen LogP contribution in [-0.4, -0.2) is 18.5 Å². The third-order valence-electron chi connectivity index (χ3n) is 3.08. The first-order valence-corrected chi connectivity index (χ1v) is 7.31. The fraction of sp³-hybridized carbons (Fsp3) is 0.167. The van der Waals surface area contributed by atoms with Crippen LogP contribution >= 0.6 is 0 Å². The Hall–Kier alpha value is -3.33. The Morgan fingerprint density at radius 3 is 2.67 bits per heavy atom. The van der Waals surface area contributed by atoms with Crippen LogP contribution in [0.2, 0.25) is 0 Å². The Morgan fingerprint density at radius 2 is 2.04 bits per heavy atom. The van der Waals surface area contributed by atoms with Crippen LogP contribution in [0.3, 0.4) is 0 Å². The zero-order chi connectivity index (χ0) is 17.5. The molecule has 0 aliphatic heterocycles. The van der Waals surface area contributed by atoms with Gasteiger partial charge in [-0.1, -0.05) is 12.1 Å². The summed E-state index contributed by atoms with van der Waals surface area (Å²) in [6.45, 7) is 3.68. The van der Waals surface area contributed by atoms with E-state index in [4.69, 9.17) is 9.15 Å². The number of aryl methyl sites for hydroxylation is 1. The van der Waals surface area contributed by atoms with Gasteiger partial charge in [0.2, 0.25) is 0 Å². The molecule has 2 aromatic rings. The highest BCUT2D eigenvalue weighted by Crippen LogP contribution is 2.18. The second-order valence-corrected chi connectivity index (χ2v) is 4.84. The first-order chi connectivity index (χ1) is 11.5. The first-order valence-electron chi connectivity index (χ1n) is 7.31. The lowest BCUT2D eigenvalue weighted by molar-refractivity contribution is -0.112. The first kappa shape index (κ1) is 17.0. The van der Waals surface area contributed by atoms with Gasteiger partial charge in [0, 0.05) is 6.08 Å². The van der Waals surface area contributed by atoms with E-state index >= 15 is 0 Å². The summed E-state index contributed by atoms with van der Waals surface area (Å²) in [5.41, 5.74) is 0.361. The molecule has 0 bridgehead atoms. The molecule has 0 aliphatic carbocycles. The highest BCUT2D eigenvalue weighted by atomic mass is 16.5. The number of amides is 1. The molecule has 1 heterocycles. The Kier molecular flexibility index (Phi) is 5.53. The van der Waals surface area contributed by atoms with E-state index in [9.17, 15) is 14.9 Å². The summed E-state index contributed by atoms with van der Waals surface area (Å²) in [4.78, 5) is 24.2. The number of hydrogen-bond acceptors (Lipinski definition) is 5. The van der Waals surface area contributed by atoms with Crippen LogP contribution in [-0.2, 0) is 9.53 Å². The van der Waals surface area contributed by atoms with Crippen LogP contribution in [0.15, 0.2) is 46.4 Å². The van der Waals surface area contributed by atoms with Gasteiger partial charge in [-0.25, -0.2) is 4.79 Å². The second kappa shape index (κ2) is 7.79. The largest absolute Gasteiger partial charge is 0.462 e. The lowest BCUT2D eigenvalue weighted by Gasteiger charge is -2.09. The molecule has 1 N–H and O–H groups in total. The summed E-state index contributed by atoms with van der Waals surface area (Å²) in [5, 5.41) is 11.7. The van der Waals surface area contributed by atoms with Crippen molar-refractivity contribution in [3.05, 3.63) is 59.1 Å². The summed E-state index contributed by atoms with van der Waals surface area (Å²) in [6, 6.07) is 11.7. The molecule has 0 unspecified atom stereocenters. The van der Waals surface area contributed by atoms with Gasteiger partial charge in [-0.15, -0.1) is 0 Å². The summed E-state index contributed by atoms with van der Waals surface area (Å²) < 4.78 is 10.3. The topological polar surface area (TPSA) is 92.3 Å². The predicted molar refractivity (Wildman–Crippen MR) is 88.1 cm³/mol. The van der Waals surface area contributed by atoms with Crippen molar-refractivity contribution in [2.45, 2.75) is 13.8 Å². The standard InChI is InChI=1S/C18H16N2O4/c1-3-23-18(22)15-6-4-5-7-16(15)20-17(21)13(11-19)10-14-9-8-12(2)24-14/h4-10H,3H2,1-2H3,(H,20,21). The molecular weight excluding hydrogens is 308 g/mol. The molecule has 1 amide bonds. The predicted octanol–water partition coefficient (Wildman–Crippen LogP) is 3.31. The molecule has 6 heteroatoms. The zero-order valence-corrected chi connectivity index (χ0v) is 13.3. The highest BCUT2D eigenvalue weighted by Gasteiger charge is 2.16. The van der Waals surface area contributed by atoms with Gasteiger partial charge in [0.05, 0.1) is 17.9 Å². The molecule has 0 spiro atoms. The molecular formula is C18H16N2O4. The molecule has 0 fully saturated rings. The normalized spacial score (nSPS) is 10.8. The van der Waals surface area contributed by atoms with Crippen molar-refractivity contribution >= 4 is 23.6 Å². The Labute approximate surface area is 139 Å². The fourth-order valence-electron chi connectivity index (χ4n) is 1.99. The lowest BCUT2D eigenvalue weighted by atomic mass is 10.1. The average molecular weight is 324 g/mol. The van der Waals surface area contributed by atoms with E-state index in [-0.39, 0.29) is 23.4 Å². The SMILES string of the molecule is CCOC(=O)c1ccccc1NC(=O)C(C#N)=Cc1ccc(C)o1. The minimum Gasteiger partial charge on any atom is -0.462 e. The number of rotatable bonds is 5. The lowest BCUT2D eigenvalue weighted by Crippen LogP contribution is -2.17. The smallest absolute Gasteiger partial charge is 0.340 e.